The van der Waals surface area contributed by atoms with Crippen LogP contribution in [0.25, 0.3) is 0 Å². The molecule has 1 saturated heterocycles. The number of hydrogen-bond acceptors (Lipinski definition) is 3. The van der Waals surface area contributed by atoms with E-state index in [2.05, 4.69) is 18.2 Å². The van der Waals surface area contributed by atoms with E-state index in [0.717, 1.165) is 44.6 Å². The van der Waals surface area contributed by atoms with Gasteiger partial charge in [-0.1, -0.05) is 6.07 Å². The highest BCUT2D eigenvalue weighted by Crippen LogP contribution is 2.31. The molecule has 2 aliphatic rings. The number of aryl methyl sites for hydroxylation is 1. The summed E-state index contributed by atoms with van der Waals surface area (Å²) in [6, 6.07) is 6.60. The molecular weight excluding hydrogens is 250 g/mol. The number of nitrogens with two attached hydrogens (primary N) is 1. The summed E-state index contributed by atoms with van der Waals surface area (Å²) in [7, 11) is 0. The number of rotatable bonds is 5. The Morgan fingerprint density at radius 1 is 1.25 bits per heavy atom. The van der Waals surface area contributed by atoms with Gasteiger partial charge in [-0.25, -0.2) is 0 Å². The topological polar surface area (TPSA) is 44.5 Å². The van der Waals surface area contributed by atoms with Crippen molar-refractivity contribution < 1.29 is 9.47 Å². The predicted octanol–water partition coefficient (Wildman–Crippen LogP) is 3.36. The molecule has 1 aromatic carbocycles. The molecule has 3 heteroatoms. The average molecular weight is 275 g/mol. The third-order valence-corrected chi connectivity index (χ3v) is 4.44. The van der Waals surface area contributed by atoms with E-state index in [9.17, 15) is 0 Å². The van der Waals surface area contributed by atoms with Crippen LogP contribution in [0.2, 0.25) is 0 Å². The summed E-state index contributed by atoms with van der Waals surface area (Å²) in [6.45, 7) is 1.71. The summed E-state index contributed by atoms with van der Waals surface area (Å²) in [5.41, 5.74) is 8.86. The lowest BCUT2D eigenvalue weighted by molar-refractivity contribution is 0.0981. The molecule has 0 bridgehead atoms. The van der Waals surface area contributed by atoms with Gasteiger partial charge in [0.05, 0.1) is 12.7 Å². The van der Waals surface area contributed by atoms with Crippen LogP contribution in [0.15, 0.2) is 18.2 Å². The molecule has 1 unspecified atom stereocenters. The number of hydrogen-bond donors (Lipinski definition) is 1. The third kappa shape index (κ3) is 3.33. The summed E-state index contributed by atoms with van der Waals surface area (Å²) in [5.74, 6) is 0.966. The van der Waals surface area contributed by atoms with Crippen molar-refractivity contribution in [2.24, 2.45) is 5.73 Å². The molecular formula is C17H25NO2. The lowest BCUT2D eigenvalue weighted by Crippen LogP contribution is -2.17. The fourth-order valence-electron chi connectivity index (χ4n) is 3.28. The Bertz CT molecular complexity index is 441. The van der Waals surface area contributed by atoms with Crippen LogP contribution < -0.4 is 10.5 Å². The van der Waals surface area contributed by atoms with E-state index in [0.29, 0.717) is 6.10 Å². The summed E-state index contributed by atoms with van der Waals surface area (Å²) < 4.78 is 11.5. The van der Waals surface area contributed by atoms with Gasteiger partial charge in [-0.2, -0.15) is 0 Å². The fraction of sp³-hybridized carbons (Fsp3) is 0.647. The summed E-state index contributed by atoms with van der Waals surface area (Å²) in [4.78, 5) is 0. The molecule has 20 heavy (non-hydrogen) atoms. The molecule has 1 aliphatic heterocycles. The van der Waals surface area contributed by atoms with E-state index >= 15 is 0 Å². The molecule has 110 valence electrons. The minimum atomic E-state index is 0.189. The minimum Gasteiger partial charge on any atom is -0.494 e. The van der Waals surface area contributed by atoms with Crippen molar-refractivity contribution in [1.82, 2.24) is 0 Å². The van der Waals surface area contributed by atoms with Gasteiger partial charge in [0.25, 0.3) is 0 Å². The molecule has 0 saturated carbocycles. The van der Waals surface area contributed by atoms with Gasteiger partial charge in [0.15, 0.2) is 0 Å². The van der Waals surface area contributed by atoms with Crippen molar-refractivity contribution >= 4 is 0 Å². The first-order valence-electron chi connectivity index (χ1n) is 7.96. The van der Waals surface area contributed by atoms with Crippen molar-refractivity contribution in [3.8, 4) is 5.75 Å². The van der Waals surface area contributed by atoms with Crippen LogP contribution in [0.1, 0.15) is 55.7 Å². The van der Waals surface area contributed by atoms with E-state index < -0.39 is 0 Å². The maximum atomic E-state index is 6.18. The van der Waals surface area contributed by atoms with E-state index in [4.69, 9.17) is 15.2 Å². The SMILES string of the molecule is N[C@H]1CCCc2ccc(OCCCC3CCCO3)cc21. The Labute approximate surface area is 121 Å². The van der Waals surface area contributed by atoms with E-state index in [-0.39, 0.29) is 6.04 Å². The summed E-state index contributed by atoms with van der Waals surface area (Å²) in [5, 5.41) is 0. The second-order valence-electron chi connectivity index (χ2n) is 5.99. The summed E-state index contributed by atoms with van der Waals surface area (Å²) in [6.07, 6.45) is 8.53. The van der Waals surface area contributed by atoms with Gasteiger partial charge in [-0.3, -0.25) is 0 Å². The van der Waals surface area contributed by atoms with E-state index in [1.165, 1.54) is 30.4 Å². The highest BCUT2D eigenvalue weighted by atomic mass is 16.5. The number of benzene rings is 1. The number of ether oxygens (including phenoxy) is 2. The van der Waals surface area contributed by atoms with Gasteiger partial charge in [0.2, 0.25) is 0 Å². The molecule has 0 spiro atoms. The van der Waals surface area contributed by atoms with Gasteiger partial charge >= 0.3 is 0 Å². The molecule has 1 aliphatic carbocycles. The van der Waals surface area contributed by atoms with Crippen molar-refractivity contribution in [2.75, 3.05) is 13.2 Å². The molecule has 2 atom stereocenters. The zero-order valence-corrected chi connectivity index (χ0v) is 12.1. The zero-order valence-electron chi connectivity index (χ0n) is 12.1. The van der Waals surface area contributed by atoms with Gasteiger partial charge in [0, 0.05) is 12.6 Å². The second kappa shape index (κ2) is 6.59. The van der Waals surface area contributed by atoms with Crippen LogP contribution in [-0.4, -0.2) is 19.3 Å². The standard InChI is InChI=1S/C17H25NO2/c18-17-7-1-4-13-8-9-15(12-16(13)17)20-11-3-6-14-5-2-10-19-14/h8-9,12,14,17H,1-7,10-11,18H2/t14?,17-/m0/s1. The Kier molecular flexibility index (Phi) is 4.58. The first kappa shape index (κ1) is 13.9. The van der Waals surface area contributed by atoms with Crippen LogP contribution in [0.4, 0.5) is 0 Å². The van der Waals surface area contributed by atoms with Crippen molar-refractivity contribution in [1.29, 1.82) is 0 Å². The van der Waals surface area contributed by atoms with Crippen LogP contribution in [-0.2, 0) is 11.2 Å². The first-order valence-corrected chi connectivity index (χ1v) is 7.96. The Balaban J connectivity index is 1.49. The van der Waals surface area contributed by atoms with Crippen molar-refractivity contribution in [3.63, 3.8) is 0 Å². The Hall–Kier alpha value is -1.06. The summed E-state index contributed by atoms with van der Waals surface area (Å²) >= 11 is 0. The third-order valence-electron chi connectivity index (χ3n) is 4.44. The molecule has 0 aromatic heterocycles. The molecule has 2 N–H and O–H groups in total. The minimum absolute atomic E-state index is 0.189. The van der Waals surface area contributed by atoms with E-state index in [1.54, 1.807) is 0 Å². The van der Waals surface area contributed by atoms with Gasteiger partial charge < -0.3 is 15.2 Å². The molecule has 1 heterocycles. The van der Waals surface area contributed by atoms with E-state index in [1.807, 2.05) is 0 Å². The molecule has 0 amide bonds. The highest BCUT2D eigenvalue weighted by molar-refractivity contribution is 5.39. The maximum absolute atomic E-state index is 6.18. The predicted molar refractivity (Wildman–Crippen MR) is 80.0 cm³/mol. The molecule has 3 nitrogen and oxygen atoms in total. The fourth-order valence-corrected chi connectivity index (χ4v) is 3.28. The lowest BCUT2D eigenvalue weighted by Gasteiger charge is -2.22. The van der Waals surface area contributed by atoms with Gasteiger partial charge in [0.1, 0.15) is 5.75 Å². The quantitative estimate of drug-likeness (QED) is 0.838. The molecule has 0 radical (unpaired) electrons. The van der Waals surface area contributed by atoms with Crippen LogP contribution >= 0.6 is 0 Å². The largest absolute Gasteiger partial charge is 0.494 e. The lowest BCUT2D eigenvalue weighted by atomic mass is 9.88. The van der Waals surface area contributed by atoms with Crippen LogP contribution in [0, 0.1) is 0 Å². The van der Waals surface area contributed by atoms with Crippen molar-refractivity contribution in [2.45, 2.75) is 57.1 Å². The monoisotopic (exact) mass is 275 g/mol. The second-order valence-corrected chi connectivity index (χ2v) is 5.99. The molecule has 3 rings (SSSR count). The maximum Gasteiger partial charge on any atom is 0.119 e. The van der Waals surface area contributed by atoms with Gasteiger partial charge in [-0.15, -0.1) is 0 Å². The first-order chi connectivity index (χ1) is 9.83. The molecule has 1 fully saturated rings. The van der Waals surface area contributed by atoms with Gasteiger partial charge in [-0.05, 0) is 68.2 Å². The smallest absolute Gasteiger partial charge is 0.119 e. The average Bonchev–Trinajstić information content (AvgIpc) is 2.98. The van der Waals surface area contributed by atoms with Crippen molar-refractivity contribution in [3.05, 3.63) is 29.3 Å². The zero-order chi connectivity index (χ0) is 13.8. The highest BCUT2D eigenvalue weighted by Gasteiger charge is 2.17. The van der Waals surface area contributed by atoms with Crippen LogP contribution in [0.3, 0.4) is 0 Å². The van der Waals surface area contributed by atoms with Crippen LogP contribution in [0.5, 0.6) is 5.75 Å². The Morgan fingerprint density at radius 3 is 3.05 bits per heavy atom. The number of fused-ring (bicyclic) bond motifs is 1. The molecule has 1 aromatic rings. The Morgan fingerprint density at radius 2 is 2.20 bits per heavy atom. The normalized spacial score (nSPS) is 25.4.